The number of anilines is 4. The van der Waals surface area contributed by atoms with E-state index in [1.54, 1.807) is 0 Å². The summed E-state index contributed by atoms with van der Waals surface area (Å²) in [6.45, 7) is 0. The van der Waals surface area contributed by atoms with Crippen LogP contribution in [0.3, 0.4) is 0 Å². The van der Waals surface area contributed by atoms with Crippen molar-refractivity contribution < 1.29 is 4.74 Å². The molecule has 0 amide bonds. The van der Waals surface area contributed by atoms with Crippen LogP contribution in [0.15, 0.2) is 84.9 Å². The molecule has 0 aliphatic carbocycles. The molecule has 4 aromatic carbocycles. The zero-order valence-corrected chi connectivity index (χ0v) is 15.8. The van der Waals surface area contributed by atoms with E-state index in [0.717, 1.165) is 22.3 Å². The molecule has 0 heterocycles. The first-order valence-electron chi connectivity index (χ1n) is 9.18. The molecule has 144 valence electrons. The Kier molecular flexibility index (Phi) is 4.71. The van der Waals surface area contributed by atoms with Crippen LogP contribution in [-0.4, -0.2) is 0 Å². The summed E-state index contributed by atoms with van der Waals surface area (Å²) in [6, 6.07) is 26.6. The minimum Gasteiger partial charge on any atom is -0.453 e. The van der Waals surface area contributed by atoms with Crippen molar-refractivity contribution in [1.82, 2.24) is 0 Å². The maximum Gasteiger partial charge on any atom is 0.151 e. The fraction of sp³-hybridized carbons (Fsp3) is 0. The van der Waals surface area contributed by atoms with Crippen molar-refractivity contribution in [2.45, 2.75) is 0 Å². The molecule has 0 atom stereocenters. The third-order valence-corrected chi connectivity index (χ3v) is 4.74. The summed E-state index contributed by atoms with van der Waals surface area (Å²) in [7, 11) is 0. The Morgan fingerprint density at radius 2 is 0.759 bits per heavy atom. The van der Waals surface area contributed by atoms with Crippen molar-refractivity contribution >= 4 is 22.7 Å². The first-order valence-corrected chi connectivity index (χ1v) is 9.18. The van der Waals surface area contributed by atoms with Crippen LogP contribution in [0.1, 0.15) is 0 Å². The molecule has 0 aliphatic rings. The zero-order chi connectivity index (χ0) is 20.4. The van der Waals surface area contributed by atoms with Crippen LogP contribution >= 0.6 is 0 Å². The molecule has 0 radical (unpaired) electrons. The first-order chi connectivity index (χ1) is 14.0. The molecule has 5 heteroatoms. The lowest BCUT2D eigenvalue weighted by atomic mass is 10.0. The van der Waals surface area contributed by atoms with Crippen molar-refractivity contribution in [3.05, 3.63) is 84.9 Å². The standard InChI is InChI=1S/C24H22N4O/c25-19-7-1-15(2-8-19)17-5-11-21(27)23(13-17)29-24-14-18(6-12-22(24)28)16-3-9-20(26)10-4-16/h1-14H,25-28H2. The molecule has 0 aliphatic heterocycles. The monoisotopic (exact) mass is 382 g/mol. The quantitative estimate of drug-likeness (QED) is 0.365. The van der Waals surface area contributed by atoms with E-state index >= 15 is 0 Å². The van der Waals surface area contributed by atoms with E-state index in [0.29, 0.717) is 34.2 Å². The third kappa shape index (κ3) is 3.94. The van der Waals surface area contributed by atoms with Gasteiger partial charge in [-0.3, -0.25) is 0 Å². The summed E-state index contributed by atoms with van der Waals surface area (Å²) in [5.41, 5.74) is 30.4. The minimum absolute atomic E-state index is 0.529. The Labute approximate surface area is 169 Å². The molecular weight excluding hydrogens is 360 g/mol. The van der Waals surface area contributed by atoms with Gasteiger partial charge in [-0.15, -0.1) is 0 Å². The van der Waals surface area contributed by atoms with Gasteiger partial charge >= 0.3 is 0 Å². The number of ether oxygens (including phenoxy) is 1. The molecular formula is C24H22N4O. The van der Waals surface area contributed by atoms with Gasteiger partial charge in [-0.1, -0.05) is 36.4 Å². The second-order valence-electron chi connectivity index (χ2n) is 6.85. The van der Waals surface area contributed by atoms with Crippen LogP contribution in [0.2, 0.25) is 0 Å². The van der Waals surface area contributed by atoms with Gasteiger partial charge in [-0.05, 0) is 70.8 Å². The van der Waals surface area contributed by atoms with Gasteiger partial charge in [-0.2, -0.15) is 0 Å². The van der Waals surface area contributed by atoms with Crippen LogP contribution < -0.4 is 27.7 Å². The lowest BCUT2D eigenvalue weighted by Crippen LogP contribution is -1.96. The van der Waals surface area contributed by atoms with Gasteiger partial charge in [0, 0.05) is 11.4 Å². The lowest BCUT2D eigenvalue weighted by molar-refractivity contribution is 0.488. The van der Waals surface area contributed by atoms with Crippen LogP contribution in [0.5, 0.6) is 11.5 Å². The summed E-state index contributed by atoms with van der Waals surface area (Å²) in [6.07, 6.45) is 0. The van der Waals surface area contributed by atoms with Crippen LogP contribution in [0.25, 0.3) is 22.3 Å². The molecule has 0 unspecified atom stereocenters. The average Bonchev–Trinajstić information content (AvgIpc) is 2.72. The van der Waals surface area contributed by atoms with Gasteiger partial charge < -0.3 is 27.7 Å². The topological polar surface area (TPSA) is 113 Å². The van der Waals surface area contributed by atoms with Crippen molar-refractivity contribution in [3.63, 3.8) is 0 Å². The predicted molar refractivity (Wildman–Crippen MR) is 121 cm³/mol. The molecule has 0 saturated heterocycles. The molecule has 4 aromatic rings. The number of hydrogen-bond donors (Lipinski definition) is 4. The smallest absolute Gasteiger partial charge is 0.151 e. The van der Waals surface area contributed by atoms with Gasteiger partial charge in [0.05, 0.1) is 11.4 Å². The number of nitrogens with two attached hydrogens (primary N) is 4. The number of rotatable bonds is 4. The molecule has 0 bridgehead atoms. The summed E-state index contributed by atoms with van der Waals surface area (Å²) in [5, 5.41) is 0. The van der Waals surface area contributed by atoms with Gasteiger partial charge in [0.2, 0.25) is 0 Å². The van der Waals surface area contributed by atoms with Crippen LogP contribution in [-0.2, 0) is 0 Å². The summed E-state index contributed by atoms with van der Waals surface area (Å²) >= 11 is 0. The Morgan fingerprint density at radius 3 is 1.14 bits per heavy atom. The molecule has 5 nitrogen and oxygen atoms in total. The highest BCUT2D eigenvalue weighted by Crippen LogP contribution is 2.37. The molecule has 0 aromatic heterocycles. The summed E-state index contributed by atoms with van der Waals surface area (Å²) in [4.78, 5) is 0. The van der Waals surface area contributed by atoms with Gasteiger partial charge in [0.15, 0.2) is 11.5 Å². The number of benzene rings is 4. The average molecular weight is 382 g/mol. The van der Waals surface area contributed by atoms with E-state index in [2.05, 4.69) is 0 Å². The van der Waals surface area contributed by atoms with Gasteiger partial charge in [0.1, 0.15) is 0 Å². The van der Waals surface area contributed by atoms with Gasteiger partial charge in [-0.25, -0.2) is 0 Å². The van der Waals surface area contributed by atoms with Crippen LogP contribution in [0.4, 0.5) is 22.7 Å². The second kappa shape index (κ2) is 7.48. The fourth-order valence-electron chi connectivity index (χ4n) is 3.07. The fourth-order valence-corrected chi connectivity index (χ4v) is 3.07. The van der Waals surface area contributed by atoms with Gasteiger partial charge in [0.25, 0.3) is 0 Å². The molecule has 0 spiro atoms. The Bertz CT molecular complexity index is 1060. The van der Waals surface area contributed by atoms with E-state index in [9.17, 15) is 0 Å². The summed E-state index contributed by atoms with van der Waals surface area (Å²) < 4.78 is 6.11. The van der Waals surface area contributed by atoms with E-state index < -0.39 is 0 Å². The molecule has 0 fully saturated rings. The summed E-state index contributed by atoms with van der Waals surface area (Å²) in [5.74, 6) is 1.08. The van der Waals surface area contributed by atoms with E-state index in [1.807, 2.05) is 84.9 Å². The van der Waals surface area contributed by atoms with Crippen molar-refractivity contribution in [2.24, 2.45) is 0 Å². The number of nitrogen functional groups attached to an aromatic ring is 4. The number of hydrogen-bond acceptors (Lipinski definition) is 5. The predicted octanol–water partition coefficient (Wildman–Crippen LogP) is 5.14. The lowest BCUT2D eigenvalue weighted by Gasteiger charge is -2.14. The maximum atomic E-state index is 6.16. The van der Waals surface area contributed by atoms with Crippen LogP contribution in [0, 0.1) is 0 Å². The minimum atomic E-state index is 0.529. The maximum absolute atomic E-state index is 6.16. The normalized spacial score (nSPS) is 10.6. The van der Waals surface area contributed by atoms with Crippen molar-refractivity contribution in [1.29, 1.82) is 0 Å². The van der Waals surface area contributed by atoms with Crippen molar-refractivity contribution in [2.75, 3.05) is 22.9 Å². The third-order valence-electron chi connectivity index (χ3n) is 4.74. The molecule has 29 heavy (non-hydrogen) atoms. The zero-order valence-electron chi connectivity index (χ0n) is 15.8. The highest BCUT2D eigenvalue weighted by molar-refractivity contribution is 5.74. The first kappa shape index (κ1) is 18.3. The van der Waals surface area contributed by atoms with E-state index in [4.69, 9.17) is 27.7 Å². The SMILES string of the molecule is Nc1ccc(-c2ccc(N)c(Oc3cc(-c4ccc(N)cc4)ccc3N)c2)cc1. The van der Waals surface area contributed by atoms with E-state index in [1.165, 1.54) is 0 Å². The second-order valence-corrected chi connectivity index (χ2v) is 6.85. The highest BCUT2D eigenvalue weighted by Gasteiger charge is 2.10. The molecule has 8 N–H and O–H groups in total. The van der Waals surface area contributed by atoms with Crippen molar-refractivity contribution in [3.8, 4) is 33.8 Å². The van der Waals surface area contributed by atoms with E-state index in [-0.39, 0.29) is 0 Å². The Morgan fingerprint density at radius 1 is 0.414 bits per heavy atom. The highest BCUT2D eigenvalue weighted by atomic mass is 16.5. The molecule has 4 rings (SSSR count). The largest absolute Gasteiger partial charge is 0.453 e. The Hall–Kier alpha value is -4.12. The molecule has 0 saturated carbocycles. The Balaban J connectivity index is 1.68.